The second-order valence-corrected chi connectivity index (χ2v) is 9.94. The maximum absolute atomic E-state index is 12.7. The molecule has 1 heterocycles. The van der Waals surface area contributed by atoms with Gasteiger partial charge >= 0.3 is 0 Å². The van der Waals surface area contributed by atoms with Crippen molar-refractivity contribution in [1.82, 2.24) is 10.3 Å². The molecule has 0 aliphatic carbocycles. The van der Waals surface area contributed by atoms with Crippen molar-refractivity contribution in [3.8, 4) is 28.7 Å². The second kappa shape index (κ2) is 14.5. The molecule has 0 unspecified atom stereocenters. The van der Waals surface area contributed by atoms with E-state index < -0.39 is 0 Å². The summed E-state index contributed by atoms with van der Waals surface area (Å²) in [5.41, 5.74) is 1.73. The van der Waals surface area contributed by atoms with Crippen LogP contribution in [-0.2, 0) is 0 Å². The number of nitrogens with zero attached hydrogens (tertiary/aromatic N) is 1. The second-order valence-electron chi connectivity index (χ2n) is 9.12. The van der Waals surface area contributed by atoms with E-state index in [4.69, 9.17) is 42.8 Å². The van der Waals surface area contributed by atoms with Crippen molar-refractivity contribution >= 4 is 51.4 Å². The number of amides is 1. The van der Waals surface area contributed by atoms with Crippen molar-refractivity contribution in [2.45, 2.75) is 32.6 Å². The quantitative estimate of drug-likeness (QED) is 0.127. The Labute approximate surface area is 249 Å². The minimum absolute atomic E-state index is 0.136. The molecule has 0 aliphatic heterocycles. The highest BCUT2D eigenvalue weighted by molar-refractivity contribution is 7.80. The molecule has 0 fully saturated rings. The lowest BCUT2D eigenvalue weighted by Crippen LogP contribution is -2.34. The summed E-state index contributed by atoms with van der Waals surface area (Å²) in [5.74, 6) is 2.51. The Bertz CT molecular complexity index is 1510. The molecule has 0 saturated heterocycles. The van der Waals surface area contributed by atoms with Crippen LogP contribution in [0.15, 0.2) is 66.9 Å². The number of ether oxygens (including phenoxy) is 4. The van der Waals surface area contributed by atoms with E-state index in [2.05, 4.69) is 22.5 Å². The van der Waals surface area contributed by atoms with Crippen LogP contribution in [-0.4, -0.2) is 36.8 Å². The number of pyridine rings is 1. The lowest BCUT2D eigenvalue weighted by Gasteiger charge is -2.14. The van der Waals surface area contributed by atoms with Gasteiger partial charge in [-0.1, -0.05) is 37.8 Å². The normalized spacial score (nSPS) is 10.6. The Hall–Kier alpha value is -4.08. The molecule has 0 atom stereocenters. The van der Waals surface area contributed by atoms with E-state index in [-0.39, 0.29) is 11.0 Å². The van der Waals surface area contributed by atoms with Gasteiger partial charge in [0.15, 0.2) is 16.6 Å². The fourth-order valence-corrected chi connectivity index (χ4v) is 4.50. The van der Waals surface area contributed by atoms with Gasteiger partial charge in [-0.3, -0.25) is 15.1 Å². The van der Waals surface area contributed by atoms with Crippen LogP contribution in [0, 0.1) is 0 Å². The molecule has 4 rings (SSSR count). The van der Waals surface area contributed by atoms with Crippen molar-refractivity contribution in [1.29, 1.82) is 0 Å². The zero-order valence-corrected chi connectivity index (χ0v) is 24.7. The van der Waals surface area contributed by atoms with Crippen LogP contribution < -0.4 is 29.6 Å². The molecule has 4 aromatic rings. The van der Waals surface area contributed by atoms with E-state index >= 15 is 0 Å². The van der Waals surface area contributed by atoms with Crippen LogP contribution in [0.1, 0.15) is 43.0 Å². The van der Waals surface area contributed by atoms with E-state index in [1.165, 1.54) is 12.8 Å². The topological polar surface area (TPSA) is 90.9 Å². The number of hydrogen-bond donors (Lipinski definition) is 2. The number of fused-ring (bicyclic) bond motifs is 1. The number of nitrogens with one attached hydrogen (secondary N) is 2. The summed E-state index contributed by atoms with van der Waals surface area (Å²) >= 11 is 11.9. The molecule has 8 nitrogen and oxygen atoms in total. The summed E-state index contributed by atoms with van der Waals surface area (Å²) in [7, 11) is 3.14. The number of rotatable bonds is 12. The Morgan fingerprint density at radius 2 is 1.66 bits per heavy atom. The fourth-order valence-electron chi connectivity index (χ4n) is 4.08. The number of methoxy groups -OCH3 is 2. The molecular formula is C31H32ClN3O5S. The average molecular weight is 594 g/mol. The summed E-state index contributed by atoms with van der Waals surface area (Å²) in [4.78, 5) is 17.1. The number of halogens is 1. The highest BCUT2D eigenvalue weighted by atomic mass is 35.5. The lowest BCUT2D eigenvalue weighted by molar-refractivity contribution is 0.0977. The first-order valence-electron chi connectivity index (χ1n) is 13.2. The molecular weight excluding hydrogens is 562 g/mol. The van der Waals surface area contributed by atoms with Crippen LogP contribution in [0.2, 0.25) is 5.02 Å². The van der Waals surface area contributed by atoms with Crippen molar-refractivity contribution in [3.63, 3.8) is 0 Å². The van der Waals surface area contributed by atoms with Gasteiger partial charge in [-0.15, -0.1) is 0 Å². The lowest BCUT2D eigenvalue weighted by atomic mass is 10.2. The van der Waals surface area contributed by atoms with Crippen molar-refractivity contribution < 1.29 is 23.7 Å². The van der Waals surface area contributed by atoms with Crippen molar-refractivity contribution in [3.05, 3.63) is 77.4 Å². The molecule has 0 aliphatic rings. The van der Waals surface area contributed by atoms with Crippen molar-refractivity contribution in [2.24, 2.45) is 0 Å². The van der Waals surface area contributed by atoms with Crippen LogP contribution in [0.25, 0.3) is 10.9 Å². The van der Waals surface area contributed by atoms with E-state index in [0.29, 0.717) is 51.4 Å². The average Bonchev–Trinajstić information content (AvgIpc) is 2.98. The smallest absolute Gasteiger partial charge is 0.257 e. The monoisotopic (exact) mass is 593 g/mol. The SMILES string of the molecule is CCCCCCOc1ccc(C(=O)NC(=S)Nc2ccc(Oc3ccnc4cc(OC)c(OC)cc34)c(Cl)c2)cc1. The number of unbranched alkanes of at least 4 members (excludes halogenated alkanes) is 3. The number of thiocarbonyl (C=S) groups is 1. The number of aromatic nitrogens is 1. The first-order chi connectivity index (χ1) is 19.9. The molecule has 1 amide bonds. The number of carbonyl (C=O) groups excluding carboxylic acids is 1. The summed E-state index contributed by atoms with van der Waals surface area (Å²) in [6.07, 6.45) is 6.19. The number of benzene rings is 3. The molecule has 0 bridgehead atoms. The standard InChI is InChI=1S/C31H32ClN3O5S/c1-4-5-6-7-16-39-22-11-8-20(9-12-22)30(36)35-31(41)34-21-10-13-27(24(32)17-21)40-26-14-15-33-25-19-29(38-3)28(37-2)18-23(25)26/h8-15,17-19H,4-7,16H2,1-3H3,(H2,34,35,36,41). The Kier molecular flexibility index (Phi) is 10.6. The van der Waals surface area contributed by atoms with Gasteiger partial charge < -0.3 is 24.3 Å². The summed E-state index contributed by atoms with van der Waals surface area (Å²) in [5, 5.41) is 6.88. The van der Waals surface area contributed by atoms with Crippen LogP contribution >= 0.6 is 23.8 Å². The van der Waals surface area contributed by atoms with E-state index in [9.17, 15) is 4.79 Å². The molecule has 214 valence electrons. The van der Waals surface area contributed by atoms with Gasteiger partial charge in [0.25, 0.3) is 5.91 Å². The largest absolute Gasteiger partial charge is 0.494 e. The summed E-state index contributed by atoms with van der Waals surface area (Å²) < 4.78 is 22.6. The zero-order chi connectivity index (χ0) is 29.2. The molecule has 2 N–H and O–H groups in total. The predicted octanol–water partition coefficient (Wildman–Crippen LogP) is 7.78. The Balaban J connectivity index is 1.35. The molecule has 10 heteroatoms. The minimum atomic E-state index is -0.334. The molecule has 41 heavy (non-hydrogen) atoms. The first-order valence-corrected chi connectivity index (χ1v) is 14.0. The maximum Gasteiger partial charge on any atom is 0.257 e. The Morgan fingerprint density at radius 3 is 2.37 bits per heavy atom. The van der Waals surface area contributed by atoms with Crippen molar-refractivity contribution in [2.75, 3.05) is 26.1 Å². The number of anilines is 1. The third-order valence-corrected chi connectivity index (χ3v) is 6.73. The first kappa shape index (κ1) is 29.9. The molecule has 1 aromatic heterocycles. The van der Waals surface area contributed by atoms with E-state index in [1.807, 2.05) is 0 Å². The summed E-state index contributed by atoms with van der Waals surface area (Å²) in [6.45, 7) is 2.84. The van der Waals surface area contributed by atoms with Gasteiger partial charge in [0.05, 0.1) is 31.4 Å². The highest BCUT2D eigenvalue weighted by Crippen LogP contribution is 2.38. The zero-order valence-electron chi connectivity index (χ0n) is 23.2. The minimum Gasteiger partial charge on any atom is -0.494 e. The third-order valence-electron chi connectivity index (χ3n) is 6.23. The van der Waals surface area contributed by atoms with Crippen LogP contribution in [0.5, 0.6) is 28.7 Å². The molecule has 0 spiro atoms. The molecule has 0 saturated carbocycles. The van der Waals surface area contributed by atoms with Gasteiger partial charge in [-0.25, -0.2) is 0 Å². The predicted molar refractivity (Wildman–Crippen MR) is 166 cm³/mol. The fraction of sp³-hybridized carbons (Fsp3) is 0.258. The van der Waals surface area contributed by atoms with E-state index in [0.717, 1.165) is 24.0 Å². The van der Waals surface area contributed by atoms with Gasteiger partial charge in [0.2, 0.25) is 0 Å². The third kappa shape index (κ3) is 7.99. The Morgan fingerprint density at radius 1 is 0.902 bits per heavy atom. The maximum atomic E-state index is 12.7. The number of hydrogen-bond acceptors (Lipinski definition) is 7. The van der Waals surface area contributed by atoms with Gasteiger partial charge in [-0.05, 0) is 73.2 Å². The highest BCUT2D eigenvalue weighted by Gasteiger charge is 2.14. The van der Waals surface area contributed by atoms with E-state index in [1.54, 1.807) is 81.1 Å². The summed E-state index contributed by atoms with van der Waals surface area (Å²) in [6, 6.07) is 17.4. The van der Waals surface area contributed by atoms with Gasteiger partial charge in [0.1, 0.15) is 17.2 Å². The van der Waals surface area contributed by atoms with Gasteiger partial charge in [-0.2, -0.15) is 0 Å². The van der Waals surface area contributed by atoms with Crippen LogP contribution in [0.4, 0.5) is 5.69 Å². The molecule has 0 radical (unpaired) electrons. The van der Waals surface area contributed by atoms with Crippen LogP contribution in [0.3, 0.4) is 0 Å². The number of carbonyl (C=O) groups is 1. The van der Waals surface area contributed by atoms with Gasteiger partial charge in [0, 0.05) is 28.9 Å². The molecule has 3 aromatic carbocycles.